The molecule has 0 amide bonds. The van der Waals surface area contributed by atoms with Crippen molar-refractivity contribution in [2.45, 2.75) is 6.61 Å². The van der Waals surface area contributed by atoms with E-state index in [4.69, 9.17) is 21.2 Å². The number of pyridine rings is 1. The summed E-state index contributed by atoms with van der Waals surface area (Å²) >= 11 is 5.64. The largest absolute Gasteiger partial charge is 0.388 e. The first-order valence-electron chi connectivity index (χ1n) is 3.98. The van der Waals surface area contributed by atoms with Gasteiger partial charge in [0.1, 0.15) is 17.5 Å². The van der Waals surface area contributed by atoms with Gasteiger partial charge in [0.05, 0.1) is 0 Å². The maximum Gasteiger partial charge on any atom is 0.162 e. The molecule has 0 saturated heterocycles. The topological polar surface area (TPSA) is 59.2 Å². The lowest BCUT2D eigenvalue weighted by molar-refractivity contribution is 0.229. The zero-order chi connectivity index (χ0) is 9.97. The predicted molar refractivity (Wildman–Crippen MR) is 50.7 cm³/mol. The minimum atomic E-state index is -0.159. The van der Waals surface area contributed by atoms with E-state index in [9.17, 15) is 0 Å². The number of aliphatic hydroxyl groups excluding tert-OH is 1. The molecule has 0 aromatic carbocycles. The van der Waals surface area contributed by atoms with Crippen molar-refractivity contribution in [3.05, 3.63) is 35.3 Å². The summed E-state index contributed by atoms with van der Waals surface area (Å²) in [7, 11) is 0. The molecule has 5 heteroatoms. The first kappa shape index (κ1) is 9.18. The summed E-state index contributed by atoms with van der Waals surface area (Å²) in [5, 5.41) is 13.0. The van der Waals surface area contributed by atoms with E-state index in [0.29, 0.717) is 16.6 Å². The maximum atomic E-state index is 8.77. The lowest BCUT2D eigenvalue weighted by Gasteiger charge is -1.93. The molecule has 0 spiro atoms. The molecule has 2 heterocycles. The molecule has 0 bridgehead atoms. The van der Waals surface area contributed by atoms with Gasteiger partial charge in [-0.1, -0.05) is 16.8 Å². The van der Waals surface area contributed by atoms with E-state index in [2.05, 4.69) is 10.1 Å². The second-order valence-corrected chi connectivity index (χ2v) is 3.09. The van der Waals surface area contributed by atoms with Crippen LogP contribution in [0.15, 0.2) is 28.9 Å². The Kier molecular flexibility index (Phi) is 2.47. The minimum absolute atomic E-state index is 0.159. The fourth-order valence-electron chi connectivity index (χ4n) is 1.05. The van der Waals surface area contributed by atoms with Crippen LogP contribution in [-0.4, -0.2) is 15.2 Å². The molecule has 1 N–H and O–H groups in total. The van der Waals surface area contributed by atoms with Crippen molar-refractivity contribution in [1.82, 2.24) is 10.1 Å². The molecule has 2 aromatic heterocycles. The molecule has 2 rings (SSSR count). The van der Waals surface area contributed by atoms with Crippen LogP contribution in [0.3, 0.4) is 0 Å². The number of hydrogen-bond acceptors (Lipinski definition) is 4. The van der Waals surface area contributed by atoms with Gasteiger partial charge >= 0.3 is 0 Å². The highest BCUT2D eigenvalue weighted by atomic mass is 35.5. The molecule has 0 aliphatic carbocycles. The Morgan fingerprint density at radius 2 is 2.29 bits per heavy atom. The Hall–Kier alpha value is -1.39. The van der Waals surface area contributed by atoms with Crippen LogP contribution in [0.5, 0.6) is 0 Å². The zero-order valence-electron chi connectivity index (χ0n) is 7.14. The zero-order valence-corrected chi connectivity index (χ0v) is 7.90. The summed E-state index contributed by atoms with van der Waals surface area (Å²) in [6.07, 6.45) is 1.60. The summed E-state index contributed by atoms with van der Waals surface area (Å²) in [6, 6.07) is 5.11. The van der Waals surface area contributed by atoms with Crippen LogP contribution in [-0.2, 0) is 6.61 Å². The van der Waals surface area contributed by atoms with E-state index < -0.39 is 0 Å². The van der Waals surface area contributed by atoms with Gasteiger partial charge in [0.25, 0.3) is 0 Å². The third-order valence-corrected chi connectivity index (χ3v) is 1.96. The minimum Gasteiger partial charge on any atom is -0.388 e. The van der Waals surface area contributed by atoms with Gasteiger partial charge in [-0.05, 0) is 12.1 Å². The van der Waals surface area contributed by atoms with Gasteiger partial charge in [-0.2, -0.15) is 0 Å². The van der Waals surface area contributed by atoms with Crippen molar-refractivity contribution >= 4 is 11.6 Å². The number of rotatable bonds is 2. The molecule has 72 valence electrons. The smallest absolute Gasteiger partial charge is 0.162 e. The van der Waals surface area contributed by atoms with Crippen molar-refractivity contribution in [3.8, 4) is 11.3 Å². The average Bonchev–Trinajstić information content (AvgIpc) is 2.67. The first-order valence-corrected chi connectivity index (χ1v) is 4.36. The van der Waals surface area contributed by atoms with E-state index in [1.54, 1.807) is 24.4 Å². The Labute approximate surface area is 85.1 Å². The number of aromatic nitrogens is 2. The lowest BCUT2D eigenvalue weighted by atomic mass is 10.2. The van der Waals surface area contributed by atoms with E-state index in [-0.39, 0.29) is 6.61 Å². The summed E-state index contributed by atoms with van der Waals surface area (Å²) in [4.78, 5) is 3.91. The van der Waals surface area contributed by atoms with Crippen LogP contribution in [0, 0.1) is 0 Å². The SMILES string of the molecule is OCc1cc(-c2ccc(Cl)nc2)no1. The molecule has 2 aromatic rings. The average molecular weight is 211 g/mol. The third-order valence-electron chi connectivity index (χ3n) is 1.74. The molecular formula is C9H7ClN2O2. The Bertz CT molecular complexity index is 425. The van der Waals surface area contributed by atoms with E-state index in [1.807, 2.05) is 0 Å². The Balaban J connectivity index is 2.34. The van der Waals surface area contributed by atoms with Crippen molar-refractivity contribution in [1.29, 1.82) is 0 Å². The van der Waals surface area contributed by atoms with Crippen molar-refractivity contribution in [2.24, 2.45) is 0 Å². The molecule has 14 heavy (non-hydrogen) atoms. The van der Waals surface area contributed by atoms with Gasteiger partial charge in [-0.15, -0.1) is 0 Å². The Morgan fingerprint density at radius 3 is 2.86 bits per heavy atom. The predicted octanol–water partition coefficient (Wildman–Crippen LogP) is 1.88. The molecule has 0 radical (unpaired) electrons. The fraction of sp³-hybridized carbons (Fsp3) is 0.111. The normalized spacial score (nSPS) is 10.4. The van der Waals surface area contributed by atoms with E-state index in [1.165, 1.54) is 0 Å². The highest BCUT2D eigenvalue weighted by molar-refractivity contribution is 6.29. The van der Waals surface area contributed by atoms with Gasteiger partial charge in [0, 0.05) is 17.8 Å². The molecule has 0 aliphatic rings. The van der Waals surface area contributed by atoms with Crippen LogP contribution in [0.1, 0.15) is 5.76 Å². The molecule has 0 fully saturated rings. The molecule has 4 nitrogen and oxygen atoms in total. The monoisotopic (exact) mass is 210 g/mol. The Morgan fingerprint density at radius 1 is 1.43 bits per heavy atom. The first-order chi connectivity index (χ1) is 6.79. The van der Waals surface area contributed by atoms with Gasteiger partial charge < -0.3 is 9.63 Å². The van der Waals surface area contributed by atoms with Gasteiger partial charge in [-0.25, -0.2) is 4.98 Å². The van der Waals surface area contributed by atoms with Crippen LogP contribution in [0.4, 0.5) is 0 Å². The maximum absolute atomic E-state index is 8.77. The molecular weight excluding hydrogens is 204 g/mol. The molecule has 0 saturated carbocycles. The van der Waals surface area contributed by atoms with Gasteiger partial charge in [0.15, 0.2) is 5.76 Å². The summed E-state index contributed by atoms with van der Waals surface area (Å²) < 4.78 is 4.84. The van der Waals surface area contributed by atoms with E-state index >= 15 is 0 Å². The quantitative estimate of drug-likeness (QED) is 0.769. The number of nitrogens with zero attached hydrogens (tertiary/aromatic N) is 2. The number of aliphatic hydroxyl groups is 1. The molecule has 0 unspecified atom stereocenters. The lowest BCUT2D eigenvalue weighted by Crippen LogP contribution is -1.79. The van der Waals surface area contributed by atoms with Crippen molar-refractivity contribution in [2.75, 3.05) is 0 Å². The van der Waals surface area contributed by atoms with Crippen LogP contribution in [0.25, 0.3) is 11.3 Å². The number of hydrogen-bond donors (Lipinski definition) is 1. The molecule has 0 aliphatic heterocycles. The molecule has 0 atom stereocenters. The van der Waals surface area contributed by atoms with Gasteiger partial charge in [-0.3, -0.25) is 0 Å². The highest BCUT2D eigenvalue weighted by Gasteiger charge is 2.05. The second kappa shape index (κ2) is 3.77. The summed E-state index contributed by atoms with van der Waals surface area (Å²) in [5.74, 6) is 0.426. The highest BCUT2D eigenvalue weighted by Crippen LogP contribution is 2.19. The fourth-order valence-corrected chi connectivity index (χ4v) is 1.16. The van der Waals surface area contributed by atoms with Crippen LogP contribution < -0.4 is 0 Å². The van der Waals surface area contributed by atoms with Crippen molar-refractivity contribution < 1.29 is 9.63 Å². The second-order valence-electron chi connectivity index (χ2n) is 2.71. The third kappa shape index (κ3) is 1.76. The van der Waals surface area contributed by atoms with Crippen molar-refractivity contribution in [3.63, 3.8) is 0 Å². The van der Waals surface area contributed by atoms with Crippen LogP contribution >= 0.6 is 11.6 Å². The van der Waals surface area contributed by atoms with Gasteiger partial charge in [0.2, 0.25) is 0 Å². The summed E-state index contributed by atoms with van der Waals surface area (Å²) in [5.41, 5.74) is 1.44. The number of halogens is 1. The van der Waals surface area contributed by atoms with Crippen LogP contribution in [0.2, 0.25) is 5.15 Å². The summed E-state index contributed by atoms with van der Waals surface area (Å²) in [6.45, 7) is -0.159. The van der Waals surface area contributed by atoms with E-state index in [0.717, 1.165) is 5.56 Å². The standard InChI is InChI=1S/C9H7ClN2O2/c10-9-2-1-6(4-11-9)8-3-7(5-13)14-12-8/h1-4,13H,5H2.